The van der Waals surface area contributed by atoms with Crippen molar-refractivity contribution in [3.8, 4) is 0 Å². The van der Waals surface area contributed by atoms with Crippen LogP contribution in [0.5, 0.6) is 0 Å². The van der Waals surface area contributed by atoms with Crippen molar-refractivity contribution in [3.05, 3.63) is 35.9 Å². The number of hydrogen-bond acceptors (Lipinski definition) is 5. The third-order valence-corrected chi connectivity index (χ3v) is 1.71. The highest BCUT2D eigenvalue weighted by molar-refractivity contribution is 5.87. The monoisotopic (exact) mass is 268 g/mol. The summed E-state index contributed by atoms with van der Waals surface area (Å²) in [5.41, 5.74) is 0.331. The molecule has 0 radical (unpaired) electrons. The van der Waals surface area contributed by atoms with E-state index in [1.165, 1.54) is 13.8 Å². The van der Waals surface area contributed by atoms with Gasteiger partial charge in [-0.1, -0.05) is 18.2 Å². The molecule has 0 aliphatic rings. The average Bonchev–Trinajstić information content (AvgIpc) is 2.36. The van der Waals surface area contributed by atoms with Crippen LogP contribution in [0.25, 0.3) is 0 Å². The molecule has 0 aliphatic heterocycles. The van der Waals surface area contributed by atoms with Crippen LogP contribution >= 0.6 is 0 Å². The van der Waals surface area contributed by atoms with E-state index in [1.54, 1.807) is 30.3 Å². The molecule has 1 rings (SSSR count). The van der Waals surface area contributed by atoms with Crippen molar-refractivity contribution in [1.29, 1.82) is 0 Å². The van der Waals surface area contributed by atoms with Gasteiger partial charge in [-0.05, 0) is 12.1 Å². The van der Waals surface area contributed by atoms with Gasteiger partial charge in [-0.15, -0.1) is 0 Å². The Morgan fingerprint density at radius 1 is 0.947 bits per heavy atom. The number of carboxylic acids is 1. The molecular weight excluding hydrogens is 252 g/mol. The average molecular weight is 268 g/mol. The Balaban J connectivity index is 0.000000342. The molecule has 6 heteroatoms. The first-order chi connectivity index (χ1) is 8.93. The van der Waals surface area contributed by atoms with E-state index in [0.717, 1.165) is 0 Å². The largest absolute Gasteiger partial charge is 0.478 e. The second kappa shape index (κ2) is 9.64. The molecule has 0 spiro atoms. The van der Waals surface area contributed by atoms with Crippen LogP contribution in [0.15, 0.2) is 30.3 Å². The van der Waals surface area contributed by atoms with E-state index in [9.17, 15) is 14.4 Å². The summed E-state index contributed by atoms with van der Waals surface area (Å²) in [6.07, 6.45) is 0. The second-order valence-corrected chi connectivity index (χ2v) is 3.35. The summed E-state index contributed by atoms with van der Waals surface area (Å²) in [6, 6.07) is 8.30. The van der Waals surface area contributed by atoms with Gasteiger partial charge >= 0.3 is 17.9 Å². The molecule has 6 nitrogen and oxygen atoms in total. The van der Waals surface area contributed by atoms with Crippen molar-refractivity contribution in [2.75, 3.05) is 13.2 Å². The van der Waals surface area contributed by atoms with Gasteiger partial charge in [-0.3, -0.25) is 9.59 Å². The Hall–Kier alpha value is -2.37. The molecule has 0 bridgehead atoms. The Labute approximate surface area is 110 Å². The van der Waals surface area contributed by atoms with E-state index in [-0.39, 0.29) is 25.2 Å². The minimum atomic E-state index is -0.879. The first-order valence-corrected chi connectivity index (χ1v) is 5.48. The highest BCUT2D eigenvalue weighted by Gasteiger charge is 1.96. The van der Waals surface area contributed by atoms with E-state index in [2.05, 4.69) is 9.47 Å². The minimum absolute atomic E-state index is 0.134. The molecule has 104 valence electrons. The minimum Gasteiger partial charge on any atom is -0.478 e. The first-order valence-electron chi connectivity index (χ1n) is 5.48. The van der Waals surface area contributed by atoms with Gasteiger partial charge in [-0.25, -0.2) is 4.79 Å². The number of esters is 2. The number of ether oxygens (including phenoxy) is 2. The quantitative estimate of drug-likeness (QED) is 0.657. The molecule has 0 aromatic heterocycles. The molecular formula is C13H16O6. The highest BCUT2D eigenvalue weighted by atomic mass is 16.6. The fourth-order valence-electron chi connectivity index (χ4n) is 0.952. The van der Waals surface area contributed by atoms with Crippen LogP contribution in [-0.2, 0) is 19.1 Å². The number of carboxylic acid groups (broad SMARTS) is 1. The van der Waals surface area contributed by atoms with Crippen LogP contribution in [0, 0.1) is 0 Å². The maximum atomic E-state index is 10.2. The summed E-state index contributed by atoms with van der Waals surface area (Å²) in [4.78, 5) is 30.5. The maximum absolute atomic E-state index is 10.2. The third kappa shape index (κ3) is 10.5. The van der Waals surface area contributed by atoms with Crippen LogP contribution in [0.1, 0.15) is 24.2 Å². The van der Waals surface area contributed by atoms with Gasteiger partial charge < -0.3 is 14.6 Å². The predicted octanol–water partition coefficient (Wildman–Crippen LogP) is 1.50. The summed E-state index contributed by atoms with van der Waals surface area (Å²) >= 11 is 0. The van der Waals surface area contributed by atoms with E-state index in [0.29, 0.717) is 5.56 Å². The molecule has 0 amide bonds. The standard InChI is InChI=1S/C7H6O2.C6H10O4/c8-7(9)6-4-2-1-3-5-6;1-5(7)9-3-4-10-6(2)8/h1-5H,(H,8,9);3-4H2,1-2H3. The van der Waals surface area contributed by atoms with Crippen LogP contribution in [-0.4, -0.2) is 36.2 Å². The lowest BCUT2D eigenvalue weighted by atomic mass is 10.2. The molecule has 0 fully saturated rings. The van der Waals surface area contributed by atoms with Crippen molar-refractivity contribution in [2.24, 2.45) is 0 Å². The number of benzene rings is 1. The molecule has 1 N–H and O–H groups in total. The van der Waals surface area contributed by atoms with E-state index >= 15 is 0 Å². The van der Waals surface area contributed by atoms with Crippen LogP contribution in [0.4, 0.5) is 0 Å². The summed E-state index contributed by atoms with van der Waals surface area (Å²) in [5.74, 6) is -1.62. The molecule has 0 unspecified atom stereocenters. The Bertz CT molecular complexity index is 396. The van der Waals surface area contributed by atoms with E-state index < -0.39 is 5.97 Å². The molecule has 0 atom stereocenters. The molecule has 0 aliphatic carbocycles. The SMILES string of the molecule is CC(=O)OCCOC(C)=O.O=C(O)c1ccccc1. The van der Waals surface area contributed by atoms with Crippen LogP contribution < -0.4 is 0 Å². The van der Waals surface area contributed by atoms with Gasteiger partial charge in [0.2, 0.25) is 0 Å². The number of hydrogen-bond donors (Lipinski definition) is 1. The lowest BCUT2D eigenvalue weighted by Gasteiger charge is -2.00. The molecule has 1 aromatic rings. The van der Waals surface area contributed by atoms with Crippen molar-refractivity contribution in [2.45, 2.75) is 13.8 Å². The molecule has 0 heterocycles. The topological polar surface area (TPSA) is 89.9 Å². The number of rotatable bonds is 4. The molecule has 0 saturated carbocycles. The van der Waals surface area contributed by atoms with Gasteiger partial charge in [-0.2, -0.15) is 0 Å². The highest BCUT2D eigenvalue weighted by Crippen LogP contribution is 1.96. The summed E-state index contributed by atoms with van der Waals surface area (Å²) in [7, 11) is 0. The zero-order chi connectivity index (χ0) is 14.7. The predicted molar refractivity (Wildman–Crippen MR) is 66.7 cm³/mol. The van der Waals surface area contributed by atoms with Crippen molar-refractivity contribution >= 4 is 17.9 Å². The van der Waals surface area contributed by atoms with Gasteiger partial charge in [0.25, 0.3) is 0 Å². The molecule has 19 heavy (non-hydrogen) atoms. The van der Waals surface area contributed by atoms with Crippen molar-refractivity contribution < 1.29 is 29.0 Å². The van der Waals surface area contributed by atoms with Crippen LogP contribution in [0.2, 0.25) is 0 Å². The van der Waals surface area contributed by atoms with Gasteiger partial charge in [0.1, 0.15) is 13.2 Å². The smallest absolute Gasteiger partial charge is 0.335 e. The maximum Gasteiger partial charge on any atom is 0.335 e. The van der Waals surface area contributed by atoms with Crippen LogP contribution in [0.3, 0.4) is 0 Å². The van der Waals surface area contributed by atoms with Gasteiger partial charge in [0.05, 0.1) is 5.56 Å². The normalized spacial score (nSPS) is 8.74. The number of carbonyl (C=O) groups is 3. The molecule has 1 aromatic carbocycles. The van der Waals surface area contributed by atoms with E-state index in [4.69, 9.17) is 5.11 Å². The van der Waals surface area contributed by atoms with Crippen molar-refractivity contribution in [3.63, 3.8) is 0 Å². The zero-order valence-corrected chi connectivity index (χ0v) is 10.8. The number of aromatic carboxylic acids is 1. The second-order valence-electron chi connectivity index (χ2n) is 3.35. The third-order valence-electron chi connectivity index (χ3n) is 1.71. The summed E-state index contributed by atoms with van der Waals surface area (Å²) < 4.78 is 8.95. The number of carbonyl (C=O) groups excluding carboxylic acids is 2. The fraction of sp³-hybridized carbons (Fsp3) is 0.308. The Morgan fingerprint density at radius 2 is 1.37 bits per heavy atom. The lowest BCUT2D eigenvalue weighted by molar-refractivity contribution is -0.149. The Kier molecular flexibility index (Phi) is 8.44. The van der Waals surface area contributed by atoms with E-state index in [1.807, 2.05) is 0 Å². The van der Waals surface area contributed by atoms with Gasteiger partial charge in [0, 0.05) is 13.8 Å². The summed E-state index contributed by atoms with van der Waals surface area (Å²) in [5, 5.41) is 8.38. The summed E-state index contributed by atoms with van der Waals surface area (Å²) in [6.45, 7) is 2.87. The first kappa shape index (κ1) is 16.6. The molecule has 0 saturated heterocycles. The zero-order valence-electron chi connectivity index (χ0n) is 10.8. The fourth-order valence-corrected chi connectivity index (χ4v) is 0.952. The van der Waals surface area contributed by atoms with Crippen molar-refractivity contribution in [1.82, 2.24) is 0 Å². The van der Waals surface area contributed by atoms with Gasteiger partial charge in [0.15, 0.2) is 0 Å². The lowest BCUT2D eigenvalue weighted by Crippen LogP contribution is -2.09. The Morgan fingerprint density at radius 3 is 1.63 bits per heavy atom.